The van der Waals surface area contributed by atoms with Crippen molar-refractivity contribution in [1.82, 2.24) is 5.32 Å². The van der Waals surface area contributed by atoms with E-state index < -0.39 is 0 Å². The third kappa shape index (κ3) is 3.41. The summed E-state index contributed by atoms with van der Waals surface area (Å²) < 4.78 is 6.05. The molecule has 106 valence electrons. The summed E-state index contributed by atoms with van der Waals surface area (Å²) in [7, 11) is 0. The maximum absolute atomic E-state index is 9.20. The Bertz CT molecular complexity index is 269. The van der Waals surface area contributed by atoms with E-state index >= 15 is 0 Å². The average Bonchev–Trinajstić information content (AvgIpc) is 2.77. The van der Waals surface area contributed by atoms with Crippen LogP contribution in [0.25, 0.3) is 0 Å². The van der Waals surface area contributed by atoms with Gasteiger partial charge in [0.25, 0.3) is 0 Å². The zero-order valence-corrected chi connectivity index (χ0v) is 12.5. The summed E-state index contributed by atoms with van der Waals surface area (Å²) in [5, 5.41) is 13.0. The second kappa shape index (κ2) is 6.12. The molecule has 0 aromatic heterocycles. The van der Waals surface area contributed by atoms with Crippen molar-refractivity contribution in [3.05, 3.63) is 0 Å². The maximum atomic E-state index is 9.20. The summed E-state index contributed by atoms with van der Waals surface area (Å²) in [4.78, 5) is 0. The van der Waals surface area contributed by atoms with Crippen LogP contribution in [0.5, 0.6) is 0 Å². The molecule has 0 bridgehead atoms. The van der Waals surface area contributed by atoms with Crippen LogP contribution >= 0.6 is 11.8 Å². The Hall–Kier alpha value is 0.230. The van der Waals surface area contributed by atoms with Gasteiger partial charge in [0.05, 0.1) is 5.60 Å². The monoisotopic (exact) mass is 273 g/mol. The van der Waals surface area contributed by atoms with Gasteiger partial charge in [-0.2, -0.15) is 11.8 Å². The molecule has 3 nitrogen and oxygen atoms in total. The molecule has 4 heteroatoms. The van der Waals surface area contributed by atoms with E-state index in [2.05, 4.69) is 19.2 Å². The average molecular weight is 273 g/mol. The van der Waals surface area contributed by atoms with E-state index in [0.29, 0.717) is 6.04 Å². The summed E-state index contributed by atoms with van der Waals surface area (Å²) in [6, 6.07) is 0.550. The van der Waals surface area contributed by atoms with Crippen LogP contribution in [-0.4, -0.2) is 47.0 Å². The number of rotatable bonds is 5. The fourth-order valence-electron chi connectivity index (χ4n) is 3.10. The zero-order valence-electron chi connectivity index (χ0n) is 11.7. The van der Waals surface area contributed by atoms with Crippen molar-refractivity contribution in [2.24, 2.45) is 0 Å². The molecule has 3 atom stereocenters. The fourth-order valence-corrected chi connectivity index (χ4v) is 4.48. The molecule has 2 N–H and O–H groups in total. The van der Waals surface area contributed by atoms with Crippen molar-refractivity contribution in [3.63, 3.8) is 0 Å². The van der Waals surface area contributed by atoms with Crippen LogP contribution in [0.2, 0.25) is 0 Å². The van der Waals surface area contributed by atoms with E-state index in [-0.39, 0.29) is 17.7 Å². The Morgan fingerprint density at radius 3 is 3.00 bits per heavy atom. The van der Waals surface area contributed by atoms with E-state index in [1.807, 2.05) is 11.8 Å². The van der Waals surface area contributed by atoms with Gasteiger partial charge in [0, 0.05) is 30.5 Å². The van der Waals surface area contributed by atoms with Crippen molar-refractivity contribution in [3.8, 4) is 0 Å². The maximum Gasteiger partial charge on any atom is 0.0795 e. The smallest absolute Gasteiger partial charge is 0.0795 e. The van der Waals surface area contributed by atoms with Gasteiger partial charge in [-0.25, -0.2) is 0 Å². The molecule has 2 rings (SSSR count). The highest BCUT2D eigenvalue weighted by molar-refractivity contribution is 7.99. The molecule has 0 aromatic rings. The molecule has 0 radical (unpaired) electrons. The van der Waals surface area contributed by atoms with Crippen LogP contribution < -0.4 is 5.32 Å². The van der Waals surface area contributed by atoms with Crippen LogP contribution in [0, 0.1) is 0 Å². The molecule has 0 aliphatic carbocycles. The number of thioether (sulfide) groups is 1. The summed E-state index contributed by atoms with van der Waals surface area (Å²) in [5.74, 6) is 2.41. The Labute approximate surface area is 115 Å². The van der Waals surface area contributed by atoms with E-state index in [1.165, 1.54) is 12.2 Å². The molecule has 0 aromatic carbocycles. The van der Waals surface area contributed by atoms with Gasteiger partial charge in [-0.1, -0.05) is 6.92 Å². The standard InChI is InChI=1S/C14H27NO2S/c1-3-13(2,5-7-16)15-12-4-8-17-14(10-12)6-9-18-11-14/h12,15-16H,3-11H2,1-2H3. The number of hydrogen-bond donors (Lipinski definition) is 2. The normalized spacial score (nSPS) is 35.8. The highest BCUT2D eigenvalue weighted by Gasteiger charge is 2.41. The molecule has 3 unspecified atom stereocenters. The van der Waals surface area contributed by atoms with Gasteiger partial charge in [-0.05, 0) is 44.8 Å². The molecule has 1 spiro atoms. The number of nitrogens with one attached hydrogen (secondary N) is 1. The lowest BCUT2D eigenvalue weighted by Crippen LogP contribution is -2.54. The Morgan fingerprint density at radius 2 is 2.39 bits per heavy atom. The summed E-state index contributed by atoms with van der Waals surface area (Å²) in [6.45, 7) is 5.58. The van der Waals surface area contributed by atoms with Gasteiger partial charge in [0.1, 0.15) is 0 Å². The summed E-state index contributed by atoms with van der Waals surface area (Å²) >= 11 is 2.02. The Morgan fingerprint density at radius 1 is 1.56 bits per heavy atom. The largest absolute Gasteiger partial charge is 0.396 e. The van der Waals surface area contributed by atoms with E-state index in [1.54, 1.807) is 0 Å². The molecule has 2 heterocycles. The molecular formula is C14H27NO2S. The van der Waals surface area contributed by atoms with Crippen molar-refractivity contribution in [2.45, 2.75) is 63.1 Å². The molecular weight excluding hydrogens is 246 g/mol. The molecule has 0 saturated carbocycles. The lowest BCUT2D eigenvalue weighted by atomic mass is 9.86. The number of ether oxygens (including phenoxy) is 1. The SMILES string of the molecule is CCC(C)(CCO)NC1CCOC2(CCSC2)C1. The predicted molar refractivity (Wildman–Crippen MR) is 77.2 cm³/mol. The minimum atomic E-state index is 0.0731. The van der Waals surface area contributed by atoms with Crippen LogP contribution in [0.4, 0.5) is 0 Å². The van der Waals surface area contributed by atoms with Crippen LogP contribution in [-0.2, 0) is 4.74 Å². The van der Waals surface area contributed by atoms with Gasteiger partial charge in [-0.15, -0.1) is 0 Å². The van der Waals surface area contributed by atoms with Gasteiger partial charge in [-0.3, -0.25) is 0 Å². The van der Waals surface area contributed by atoms with Crippen molar-refractivity contribution in [1.29, 1.82) is 0 Å². The first-order valence-electron chi connectivity index (χ1n) is 7.22. The molecule has 2 aliphatic heterocycles. The van der Waals surface area contributed by atoms with Crippen LogP contribution in [0.1, 0.15) is 46.0 Å². The van der Waals surface area contributed by atoms with E-state index in [9.17, 15) is 5.11 Å². The first kappa shape index (κ1) is 14.6. The predicted octanol–water partition coefficient (Wildman–Crippen LogP) is 2.18. The number of aliphatic hydroxyl groups excluding tert-OH is 1. The second-order valence-electron chi connectivity index (χ2n) is 6.06. The minimum absolute atomic E-state index is 0.0731. The van der Waals surface area contributed by atoms with Crippen LogP contribution in [0.3, 0.4) is 0 Å². The summed E-state index contributed by atoms with van der Waals surface area (Å²) in [6.07, 6.45) is 5.35. The molecule has 2 aliphatic rings. The molecule has 2 saturated heterocycles. The van der Waals surface area contributed by atoms with Crippen molar-refractivity contribution >= 4 is 11.8 Å². The van der Waals surface area contributed by atoms with E-state index in [4.69, 9.17) is 4.74 Å². The van der Waals surface area contributed by atoms with Crippen molar-refractivity contribution < 1.29 is 9.84 Å². The number of aliphatic hydroxyl groups is 1. The zero-order chi connectivity index (χ0) is 13.1. The topological polar surface area (TPSA) is 41.5 Å². The highest BCUT2D eigenvalue weighted by Crippen LogP contribution is 2.38. The summed E-state index contributed by atoms with van der Waals surface area (Å²) in [5.41, 5.74) is 0.220. The quantitative estimate of drug-likeness (QED) is 0.805. The van der Waals surface area contributed by atoms with Gasteiger partial charge >= 0.3 is 0 Å². The van der Waals surface area contributed by atoms with Crippen LogP contribution in [0.15, 0.2) is 0 Å². The Kier molecular flexibility index (Phi) is 4.98. The van der Waals surface area contributed by atoms with Gasteiger partial charge in [0.15, 0.2) is 0 Å². The Balaban J connectivity index is 1.92. The van der Waals surface area contributed by atoms with Gasteiger partial charge in [0.2, 0.25) is 0 Å². The third-order valence-electron chi connectivity index (χ3n) is 4.56. The fraction of sp³-hybridized carbons (Fsp3) is 1.00. The third-order valence-corrected chi connectivity index (χ3v) is 5.78. The first-order valence-corrected chi connectivity index (χ1v) is 8.37. The first-order chi connectivity index (χ1) is 8.61. The highest BCUT2D eigenvalue weighted by atomic mass is 32.2. The lowest BCUT2D eigenvalue weighted by Gasteiger charge is -2.42. The molecule has 18 heavy (non-hydrogen) atoms. The van der Waals surface area contributed by atoms with E-state index in [0.717, 1.165) is 38.0 Å². The second-order valence-corrected chi connectivity index (χ2v) is 7.16. The lowest BCUT2D eigenvalue weighted by molar-refractivity contribution is -0.0739. The molecule has 0 amide bonds. The minimum Gasteiger partial charge on any atom is -0.396 e. The van der Waals surface area contributed by atoms with Crippen molar-refractivity contribution in [2.75, 3.05) is 24.7 Å². The number of hydrogen-bond acceptors (Lipinski definition) is 4. The molecule has 2 fully saturated rings. The van der Waals surface area contributed by atoms with Gasteiger partial charge < -0.3 is 15.2 Å².